The summed E-state index contributed by atoms with van der Waals surface area (Å²) in [4.78, 5) is 32.2. The number of hydrogen-bond donors (Lipinski definition) is 2. The monoisotopic (exact) mass is 315 g/mol. The molecule has 1 saturated heterocycles. The first-order chi connectivity index (χ1) is 11.1. The predicted octanol–water partition coefficient (Wildman–Crippen LogP) is 0.778. The Bertz CT molecular complexity index is 728. The third-order valence-corrected chi connectivity index (χ3v) is 3.83. The van der Waals surface area contributed by atoms with E-state index in [0.717, 1.165) is 5.52 Å². The molecule has 1 amide bonds. The summed E-state index contributed by atoms with van der Waals surface area (Å²) in [7, 11) is 0. The van der Waals surface area contributed by atoms with Gasteiger partial charge in [-0.3, -0.25) is 9.78 Å². The highest BCUT2D eigenvalue weighted by Gasteiger charge is 2.28. The molecular weight excluding hydrogens is 298 g/mol. The second kappa shape index (κ2) is 6.70. The molecule has 23 heavy (non-hydrogen) atoms. The molecule has 1 aromatic heterocycles. The number of carbonyl (C=O) groups excluding carboxylic acids is 1. The van der Waals surface area contributed by atoms with Crippen LogP contribution in [0.2, 0.25) is 0 Å². The Kier molecular flexibility index (Phi) is 4.47. The van der Waals surface area contributed by atoms with Gasteiger partial charge in [-0.1, -0.05) is 12.1 Å². The summed E-state index contributed by atoms with van der Waals surface area (Å²) < 4.78 is 5.16. The summed E-state index contributed by atoms with van der Waals surface area (Å²) >= 11 is 0. The summed E-state index contributed by atoms with van der Waals surface area (Å²) in [5.41, 5.74) is 1.97. The number of carboxylic acids is 1. The van der Waals surface area contributed by atoms with Crippen LogP contribution in [-0.2, 0) is 20.7 Å². The standard InChI is InChI=1S/C16H17N3O4/c20-15(10-5-6-23-9-10)19-14(16(21)22)7-11-8-17-12-3-1-2-4-13(12)18-11/h1-4,8,10,14H,5-7,9H2,(H,19,20)(H,21,22)/t10-,14+/m0/s1. The van der Waals surface area contributed by atoms with Gasteiger partial charge in [0.15, 0.2) is 0 Å². The van der Waals surface area contributed by atoms with Crippen LogP contribution in [0.15, 0.2) is 30.5 Å². The summed E-state index contributed by atoms with van der Waals surface area (Å²) in [6, 6.07) is 6.33. The van der Waals surface area contributed by atoms with E-state index in [1.165, 1.54) is 0 Å². The van der Waals surface area contributed by atoms with Gasteiger partial charge in [-0.2, -0.15) is 0 Å². The van der Waals surface area contributed by atoms with Crippen molar-refractivity contribution in [2.45, 2.75) is 18.9 Å². The molecule has 1 aliphatic rings. The number of ether oxygens (including phenoxy) is 1. The second-order valence-corrected chi connectivity index (χ2v) is 5.51. The average Bonchev–Trinajstić information content (AvgIpc) is 3.08. The smallest absolute Gasteiger partial charge is 0.326 e. The maximum absolute atomic E-state index is 12.1. The quantitative estimate of drug-likeness (QED) is 0.845. The van der Waals surface area contributed by atoms with E-state index in [-0.39, 0.29) is 18.2 Å². The number of amides is 1. The summed E-state index contributed by atoms with van der Waals surface area (Å²) in [5.74, 6) is -1.66. The number of rotatable bonds is 5. The molecule has 2 aromatic rings. The molecule has 120 valence electrons. The lowest BCUT2D eigenvalue weighted by atomic mass is 10.1. The van der Waals surface area contributed by atoms with Crippen molar-refractivity contribution in [2.24, 2.45) is 5.92 Å². The molecule has 7 nitrogen and oxygen atoms in total. The molecule has 1 aliphatic heterocycles. The van der Waals surface area contributed by atoms with Gasteiger partial charge in [0.2, 0.25) is 5.91 Å². The lowest BCUT2D eigenvalue weighted by Gasteiger charge is -2.16. The fraction of sp³-hybridized carbons (Fsp3) is 0.375. The first-order valence-electron chi connectivity index (χ1n) is 7.45. The maximum Gasteiger partial charge on any atom is 0.326 e. The maximum atomic E-state index is 12.1. The Morgan fingerprint density at radius 2 is 2.13 bits per heavy atom. The number of benzene rings is 1. The molecule has 0 spiro atoms. The molecule has 1 fully saturated rings. The third kappa shape index (κ3) is 3.62. The highest BCUT2D eigenvalue weighted by molar-refractivity contribution is 5.85. The first kappa shape index (κ1) is 15.4. The highest BCUT2D eigenvalue weighted by Crippen LogP contribution is 2.14. The van der Waals surface area contributed by atoms with Gasteiger partial charge < -0.3 is 15.2 Å². The van der Waals surface area contributed by atoms with Crippen LogP contribution in [0.5, 0.6) is 0 Å². The summed E-state index contributed by atoms with van der Waals surface area (Å²) in [6.45, 7) is 0.875. The van der Waals surface area contributed by atoms with Gasteiger partial charge >= 0.3 is 5.97 Å². The van der Waals surface area contributed by atoms with Gasteiger partial charge in [-0.05, 0) is 18.6 Å². The van der Waals surface area contributed by atoms with Crippen molar-refractivity contribution in [1.82, 2.24) is 15.3 Å². The lowest BCUT2D eigenvalue weighted by molar-refractivity contribution is -0.142. The van der Waals surface area contributed by atoms with Crippen molar-refractivity contribution in [3.8, 4) is 0 Å². The van der Waals surface area contributed by atoms with Crippen LogP contribution in [0.3, 0.4) is 0 Å². The van der Waals surface area contributed by atoms with Crippen molar-refractivity contribution in [3.63, 3.8) is 0 Å². The largest absolute Gasteiger partial charge is 0.480 e. The molecule has 2 N–H and O–H groups in total. The summed E-state index contributed by atoms with van der Waals surface area (Å²) in [5, 5.41) is 11.9. The molecule has 0 bridgehead atoms. The van der Waals surface area contributed by atoms with Crippen LogP contribution in [-0.4, -0.2) is 46.2 Å². The van der Waals surface area contributed by atoms with E-state index < -0.39 is 12.0 Å². The zero-order chi connectivity index (χ0) is 16.2. The number of hydrogen-bond acceptors (Lipinski definition) is 5. The van der Waals surface area contributed by atoms with Crippen LogP contribution in [0.4, 0.5) is 0 Å². The first-order valence-corrected chi connectivity index (χ1v) is 7.45. The Balaban J connectivity index is 1.72. The fourth-order valence-corrected chi connectivity index (χ4v) is 2.53. The van der Waals surface area contributed by atoms with Crippen LogP contribution >= 0.6 is 0 Å². The van der Waals surface area contributed by atoms with Crippen LogP contribution in [0.1, 0.15) is 12.1 Å². The van der Waals surface area contributed by atoms with E-state index in [0.29, 0.717) is 30.8 Å². The van der Waals surface area contributed by atoms with E-state index >= 15 is 0 Å². The van der Waals surface area contributed by atoms with Crippen LogP contribution < -0.4 is 5.32 Å². The Hall–Kier alpha value is -2.54. The highest BCUT2D eigenvalue weighted by atomic mass is 16.5. The van der Waals surface area contributed by atoms with Crippen LogP contribution in [0.25, 0.3) is 11.0 Å². The number of aromatic nitrogens is 2. The molecule has 3 rings (SSSR count). The van der Waals surface area contributed by atoms with Gasteiger partial charge in [0.25, 0.3) is 0 Å². The Labute approximate surface area is 132 Å². The van der Waals surface area contributed by atoms with Crippen molar-refractivity contribution < 1.29 is 19.4 Å². The van der Waals surface area contributed by atoms with Gasteiger partial charge in [-0.25, -0.2) is 9.78 Å². The lowest BCUT2D eigenvalue weighted by Crippen LogP contribution is -2.45. The molecular formula is C16H17N3O4. The molecule has 2 atom stereocenters. The van der Waals surface area contributed by atoms with Gasteiger partial charge in [0, 0.05) is 19.2 Å². The molecule has 7 heteroatoms. The predicted molar refractivity (Wildman–Crippen MR) is 81.7 cm³/mol. The van der Waals surface area contributed by atoms with Crippen molar-refractivity contribution in [1.29, 1.82) is 0 Å². The van der Waals surface area contributed by atoms with Crippen molar-refractivity contribution in [2.75, 3.05) is 13.2 Å². The molecule has 0 radical (unpaired) electrons. The number of carboxylic acid groups (broad SMARTS) is 1. The molecule has 0 aliphatic carbocycles. The molecule has 1 aromatic carbocycles. The number of nitrogens with one attached hydrogen (secondary N) is 1. The van der Waals surface area contributed by atoms with Gasteiger partial charge in [0.1, 0.15) is 6.04 Å². The Morgan fingerprint density at radius 3 is 2.83 bits per heavy atom. The molecule has 0 unspecified atom stereocenters. The normalized spacial score (nSPS) is 18.7. The van der Waals surface area contributed by atoms with E-state index in [9.17, 15) is 14.7 Å². The van der Waals surface area contributed by atoms with E-state index in [1.54, 1.807) is 6.20 Å². The topological polar surface area (TPSA) is 101 Å². The fourth-order valence-electron chi connectivity index (χ4n) is 2.53. The van der Waals surface area contributed by atoms with Gasteiger partial charge in [0.05, 0.1) is 29.3 Å². The SMILES string of the molecule is O=C(N[C@H](Cc1cnc2ccccc2n1)C(=O)O)[C@H]1CCOC1. The average molecular weight is 315 g/mol. The van der Waals surface area contributed by atoms with E-state index in [2.05, 4.69) is 15.3 Å². The Morgan fingerprint density at radius 1 is 1.35 bits per heavy atom. The second-order valence-electron chi connectivity index (χ2n) is 5.51. The minimum Gasteiger partial charge on any atom is -0.480 e. The number of fused-ring (bicyclic) bond motifs is 1. The van der Waals surface area contributed by atoms with Crippen LogP contribution in [0, 0.1) is 5.92 Å². The zero-order valence-electron chi connectivity index (χ0n) is 12.4. The number of nitrogens with zero attached hydrogens (tertiary/aromatic N) is 2. The minimum atomic E-state index is -1.09. The number of para-hydroxylation sites is 2. The molecule has 0 saturated carbocycles. The van der Waals surface area contributed by atoms with Gasteiger partial charge in [-0.15, -0.1) is 0 Å². The van der Waals surface area contributed by atoms with Crippen molar-refractivity contribution in [3.05, 3.63) is 36.2 Å². The number of aliphatic carboxylic acids is 1. The number of carbonyl (C=O) groups is 2. The minimum absolute atomic E-state index is 0.0898. The van der Waals surface area contributed by atoms with E-state index in [1.807, 2.05) is 24.3 Å². The van der Waals surface area contributed by atoms with E-state index in [4.69, 9.17) is 4.74 Å². The third-order valence-electron chi connectivity index (χ3n) is 3.83. The molecule has 2 heterocycles. The zero-order valence-corrected chi connectivity index (χ0v) is 12.4. The summed E-state index contributed by atoms with van der Waals surface area (Å²) in [6.07, 6.45) is 2.25. The van der Waals surface area contributed by atoms with Crippen molar-refractivity contribution >= 4 is 22.9 Å².